The maximum absolute atomic E-state index is 5.99. The number of halogens is 1. The Morgan fingerprint density at radius 2 is 2.24 bits per heavy atom. The molecule has 88 valence electrons. The maximum atomic E-state index is 5.99. The van der Waals surface area contributed by atoms with Gasteiger partial charge in [0.1, 0.15) is 5.52 Å². The monoisotopic (exact) mass is 249 g/mol. The normalized spacial score (nSPS) is 19.9. The molecule has 0 aromatic carbocycles. The van der Waals surface area contributed by atoms with Gasteiger partial charge in [-0.1, -0.05) is 23.8 Å². The third kappa shape index (κ3) is 1.76. The zero-order valence-electron chi connectivity index (χ0n) is 9.17. The summed E-state index contributed by atoms with van der Waals surface area (Å²) in [6.45, 7) is 0. The second kappa shape index (κ2) is 4.00. The van der Waals surface area contributed by atoms with Gasteiger partial charge in [-0.15, -0.1) is 0 Å². The molecule has 6 heteroatoms. The molecule has 2 heterocycles. The van der Waals surface area contributed by atoms with Gasteiger partial charge in [-0.25, -0.2) is 4.98 Å². The molecule has 0 amide bonds. The van der Waals surface area contributed by atoms with Crippen LogP contribution in [0.15, 0.2) is 18.5 Å². The summed E-state index contributed by atoms with van der Waals surface area (Å²) < 4.78 is 2.04. The van der Waals surface area contributed by atoms with Crippen LogP contribution >= 0.6 is 11.6 Å². The Morgan fingerprint density at radius 1 is 1.35 bits per heavy atom. The number of allylic oxidation sites excluding steroid dienone is 2. The van der Waals surface area contributed by atoms with Gasteiger partial charge in [-0.05, 0) is 19.3 Å². The number of anilines is 1. The zero-order valence-corrected chi connectivity index (χ0v) is 9.93. The topological polar surface area (TPSA) is 69.6 Å². The lowest BCUT2D eigenvalue weighted by Gasteiger charge is -2.19. The predicted molar refractivity (Wildman–Crippen MR) is 66.8 cm³/mol. The molecule has 1 unspecified atom stereocenters. The van der Waals surface area contributed by atoms with E-state index in [0.29, 0.717) is 16.7 Å². The van der Waals surface area contributed by atoms with E-state index >= 15 is 0 Å². The Kier molecular flexibility index (Phi) is 2.48. The lowest BCUT2D eigenvalue weighted by Crippen LogP contribution is -2.10. The Balaban J connectivity index is 2.13. The van der Waals surface area contributed by atoms with Gasteiger partial charge in [0.05, 0.1) is 6.33 Å². The number of rotatable bonds is 1. The minimum absolute atomic E-state index is 0.190. The summed E-state index contributed by atoms with van der Waals surface area (Å²) in [6.07, 6.45) is 9.32. The van der Waals surface area contributed by atoms with Gasteiger partial charge in [0.25, 0.3) is 0 Å². The molecular weight excluding hydrogens is 238 g/mol. The van der Waals surface area contributed by atoms with Crippen molar-refractivity contribution < 1.29 is 0 Å². The SMILES string of the molecule is Nc1nc(Cl)c2ncn(C3CC=CCC3)c2n1. The fraction of sp³-hybridized carbons (Fsp3) is 0.364. The van der Waals surface area contributed by atoms with E-state index in [1.165, 1.54) is 0 Å². The van der Waals surface area contributed by atoms with Crippen molar-refractivity contribution in [2.75, 3.05) is 5.73 Å². The standard InChI is InChI=1S/C11H12ClN5/c12-9-8-10(16-11(13)15-9)17(6-14-8)7-4-2-1-3-5-7/h1-2,6-7H,3-5H2,(H2,13,15,16). The Labute approximate surface area is 103 Å². The zero-order chi connectivity index (χ0) is 11.8. The van der Waals surface area contributed by atoms with Crippen LogP contribution in [0.5, 0.6) is 0 Å². The van der Waals surface area contributed by atoms with Gasteiger partial charge in [-0.2, -0.15) is 9.97 Å². The summed E-state index contributed by atoms with van der Waals surface area (Å²) in [7, 11) is 0. The molecule has 2 N–H and O–H groups in total. The van der Waals surface area contributed by atoms with Crippen molar-refractivity contribution in [2.45, 2.75) is 25.3 Å². The van der Waals surface area contributed by atoms with Crippen LogP contribution in [0.25, 0.3) is 11.2 Å². The third-order valence-corrected chi connectivity index (χ3v) is 3.29. The van der Waals surface area contributed by atoms with Crippen molar-refractivity contribution in [1.29, 1.82) is 0 Å². The van der Waals surface area contributed by atoms with Gasteiger partial charge in [0.15, 0.2) is 10.8 Å². The van der Waals surface area contributed by atoms with Crippen LogP contribution in [0.3, 0.4) is 0 Å². The van der Waals surface area contributed by atoms with E-state index < -0.39 is 0 Å². The van der Waals surface area contributed by atoms with E-state index in [0.717, 1.165) is 24.9 Å². The first-order valence-electron chi connectivity index (χ1n) is 5.56. The summed E-state index contributed by atoms with van der Waals surface area (Å²) >= 11 is 5.99. The van der Waals surface area contributed by atoms with Crippen LogP contribution in [0.2, 0.25) is 5.15 Å². The fourth-order valence-electron chi connectivity index (χ4n) is 2.20. The van der Waals surface area contributed by atoms with Gasteiger partial charge < -0.3 is 10.3 Å². The smallest absolute Gasteiger partial charge is 0.223 e. The molecule has 0 spiro atoms. The van der Waals surface area contributed by atoms with E-state index in [1.54, 1.807) is 6.33 Å². The van der Waals surface area contributed by atoms with Crippen molar-refractivity contribution in [3.05, 3.63) is 23.6 Å². The molecule has 5 nitrogen and oxygen atoms in total. The summed E-state index contributed by atoms with van der Waals surface area (Å²) in [5.74, 6) is 0.190. The molecule has 3 rings (SSSR count). The largest absolute Gasteiger partial charge is 0.368 e. The molecule has 0 bridgehead atoms. The molecule has 2 aromatic rings. The van der Waals surface area contributed by atoms with Crippen molar-refractivity contribution in [2.24, 2.45) is 0 Å². The van der Waals surface area contributed by atoms with Crippen molar-refractivity contribution in [3.8, 4) is 0 Å². The van der Waals surface area contributed by atoms with E-state index in [1.807, 2.05) is 4.57 Å². The Hall–Kier alpha value is -1.62. The van der Waals surface area contributed by atoms with Crippen molar-refractivity contribution in [3.63, 3.8) is 0 Å². The number of nitrogens with two attached hydrogens (primary N) is 1. The second-order valence-corrected chi connectivity index (χ2v) is 4.49. The number of nitrogens with zero attached hydrogens (tertiary/aromatic N) is 4. The molecule has 0 saturated carbocycles. The molecule has 1 aliphatic carbocycles. The first-order chi connectivity index (χ1) is 8.25. The van der Waals surface area contributed by atoms with Crippen LogP contribution in [0, 0.1) is 0 Å². The number of hydrogen-bond donors (Lipinski definition) is 1. The molecule has 1 atom stereocenters. The third-order valence-electron chi connectivity index (χ3n) is 3.03. The van der Waals surface area contributed by atoms with Crippen LogP contribution in [-0.4, -0.2) is 19.5 Å². The Morgan fingerprint density at radius 3 is 3.00 bits per heavy atom. The first kappa shape index (κ1) is 10.5. The number of hydrogen-bond acceptors (Lipinski definition) is 4. The summed E-state index contributed by atoms with van der Waals surface area (Å²) in [5, 5.41) is 0.317. The first-order valence-corrected chi connectivity index (χ1v) is 5.94. The van der Waals surface area contributed by atoms with Crippen molar-refractivity contribution >= 4 is 28.7 Å². The molecule has 0 saturated heterocycles. The molecular formula is C11H12ClN5. The van der Waals surface area contributed by atoms with Crippen LogP contribution in [-0.2, 0) is 0 Å². The quantitative estimate of drug-likeness (QED) is 0.622. The second-order valence-electron chi connectivity index (χ2n) is 4.13. The molecule has 0 fully saturated rings. The molecule has 2 aromatic heterocycles. The van der Waals surface area contributed by atoms with Crippen molar-refractivity contribution in [1.82, 2.24) is 19.5 Å². The average Bonchev–Trinajstić information content (AvgIpc) is 2.74. The van der Waals surface area contributed by atoms with E-state index in [4.69, 9.17) is 17.3 Å². The van der Waals surface area contributed by atoms with Crippen LogP contribution in [0.1, 0.15) is 25.3 Å². The highest BCUT2D eigenvalue weighted by Gasteiger charge is 2.17. The van der Waals surface area contributed by atoms with Gasteiger partial charge in [-0.3, -0.25) is 0 Å². The lowest BCUT2D eigenvalue weighted by atomic mass is 10.0. The predicted octanol–water partition coefficient (Wildman–Crippen LogP) is 2.34. The number of fused-ring (bicyclic) bond motifs is 1. The number of nitrogen functional groups attached to an aromatic ring is 1. The highest BCUT2D eigenvalue weighted by Crippen LogP contribution is 2.28. The van der Waals surface area contributed by atoms with Gasteiger partial charge >= 0.3 is 0 Å². The minimum atomic E-state index is 0.190. The summed E-state index contributed by atoms with van der Waals surface area (Å²) in [6, 6.07) is 0.385. The number of imidazole rings is 1. The molecule has 1 aliphatic rings. The lowest BCUT2D eigenvalue weighted by molar-refractivity contribution is 0.469. The van der Waals surface area contributed by atoms with E-state index in [2.05, 4.69) is 27.1 Å². The van der Waals surface area contributed by atoms with Crippen LogP contribution in [0.4, 0.5) is 5.95 Å². The van der Waals surface area contributed by atoms with Gasteiger partial charge in [0, 0.05) is 6.04 Å². The minimum Gasteiger partial charge on any atom is -0.368 e. The highest BCUT2D eigenvalue weighted by atomic mass is 35.5. The van der Waals surface area contributed by atoms with E-state index in [-0.39, 0.29) is 5.95 Å². The maximum Gasteiger partial charge on any atom is 0.223 e. The summed E-state index contributed by atoms with van der Waals surface area (Å²) in [5.41, 5.74) is 6.97. The van der Waals surface area contributed by atoms with Crippen LogP contribution < -0.4 is 5.73 Å². The Bertz CT molecular complexity index is 589. The summed E-state index contributed by atoms with van der Waals surface area (Å²) in [4.78, 5) is 12.4. The number of aromatic nitrogens is 4. The molecule has 0 radical (unpaired) electrons. The molecule has 0 aliphatic heterocycles. The van der Waals surface area contributed by atoms with Gasteiger partial charge in [0.2, 0.25) is 5.95 Å². The highest BCUT2D eigenvalue weighted by molar-refractivity contribution is 6.33. The average molecular weight is 250 g/mol. The van der Waals surface area contributed by atoms with E-state index in [9.17, 15) is 0 Å². The molecule has 17 heavy (non-hydrogen) atoms. The fourth-order valence-corrected chi connectivity index (χ4v) is 2.42.